The van der Waals surface area contributed by atoms with Crippen LogP contribution in [0.2, 0.25) is 0 Å². The lowest BCUT2D eigenvalue weighted by Gasteiger charge is -2.17. The highest BCUT2D eigenvalue weighted by atomic mass is 35.5. The quantitative estimate of drug-likeness (QED) is 0.613. The van der Waals surface area contributed by atoms with Crippen molar-refractivity contribution in [3.05, 3.63) is 0 Å². The Morgan fingerprint density at radius 1 is 1.58 bits per heavy atom. The number of sulfonamides is 1. The molecule has 1 saturated heterocycles. The van der Waals surface area contributed by atoms with Crippen molar-refractivity contribution < 1.29 is 13.2 Å². The van der Waals surface area contributed by atoms with Gasteiger partial charge in [-0.2, -0.15) is 4.31 Å². The molecule has 0 amide bonds. The molecule has 0 N–H and O–H groups in total. The van der Waals surface area contributed by atoms with Gasteiger partial charge in [-0.05, 0) is 24.4 Å². The molecule has 1 fully saturated rings. The standard InChI is InChI=1S/C6H10ClNO3S/c1-12(10,11)8-4-2-3-5(8)6(7)9/h5H,2-4H2,1H3/t5-/m0/s1. The van der Waals surface area contributed by atoms with E-state index in [9.17, 15) is 13.2 Å². The maximum atomic E-state index is 11.1. The predicted molar refractivity (Wildman–Crippen MR) is 45.4 cm³/mol. The lowest BCUT2D eigenvalue weighted by atomic mass is 10.2. The van der Waals surface area contributed by atoms with E-state index in [0.717, 1.165) is 10.6 Å². The summed E-state index contributed by atoms with van der Waals surface area (Å²) in [6.07, 6.45) is 2.33. The number of nitrogens with zero attached hydrogens (tertiary/aromatic N) is 1. The van der Waals surface area contributed by atoms with E-state index < -0.39 is 21.3 Å². The summed E-state index contributed by atoms with van der Waals surface area (Å²) in [5.41, 5.74) is 0. The number of hydrogen-bond donors (Lipinski definition) is 0. The molecule has 0 saturated carbocycles. The van der Waals surface area contributed by atoms with Crippen molar-refractivity contribution in [2.24, 2.45) is 0 Å². The molecular weight excluding hydrogens is 202 g/mol. The Morgan fingerprint density at radius 2 is 2.17 bits per heavy atom. The minimum Gasteiger partial charge on any atom is -0.279 e. The molecule has 1 aliphatic rings. The minimum absolute atomic E-state index is 0.405. The monoisotopic (exact) mass is 211 g/mol. The first-order valence-electron chi connectivity index (χ1n) is 3.59. The second-order valence-electron chi connectivity index (χ2n) is 2.84. The van der Waals surface area contributed by atoms with Crippen LogP contribution in [-0.4, -0.2) is 36.8 Å². The fourth-order valence-electron chi connectivity index (χ4n) is 1.36. The van der Waals surface area contributed by atoms with Crippen molar-refractivity contribution in [3.8, 4) is 0 Å². The molecule has 0 aromatic rings. The molecule has 70 valence electrons. The number of rotatable bonds is 2. The van der Waals surface area contributed by atoms with E-state index in [4.69, 9.17) is 11.6 Å². The molecule has 1 rings (SSSR count). The molecule has 0 aliphatic carbocycles. The maximum Gasteiger partial charge on any atom is 0.239 e. The highest BCUT2D eigenvalue weighted by molar-refractivity contribution is 7.88. The van der Waals surface area contributed by atoms with Crippen molar-refractivity contribution in [2.75, 3.05) is 12.8 Å². The number of hydrogen-bond acceptors (Lipinski definition) is 3. The molecular formula is C6H10ClNO3S. The molecule has 1 aliphatic heterocycles. The first kappa shape index (κ1) is 9.95. The summed E-state index contributed by atoms with van der Waals surface area (Å²) in [6, 6.07) is -0.637. The van der Waals surface area contributed by atoms with Crippen LogP contribution < -0.4 is 0 Å². The van der Waals surface area contributed by atoms with Crippen molar-refractivity contribution in [1.82, 2.24) is 4.31 Å². The van der Waals surface area contributed by atoms with Crippen molar-refractivity contribution in [2.45, 2.75) is 18.9 Å². The van der Waals surface area contributed by atoms with E-state index in [0.29, 0.717) is 19.4 Å². The molecule has 0 aromatic carbocycles. The third kappa shape index (κ3) is 1.97. The number of carbonyl (C=O) groups is 1. The zero-order valence-electron chi connectivity index (χ0n) is 6.66. The smallest absolute Gasteiger partial charge is 0.239 e. The number of halogens is 1. The first-order valence-corrected chi connectivity index (χ1v) is 5.81. The largest absolute Gasteiger partial charge is 0.279 e. The van der Waals surface area contributed by atoms with Gasteiger partial charge >= 0.3 is 0 Å². The molecule has 0 spiro atoms. The molecule has 0 unspecified atom stereocenters. The minimum atomic E-state index is -3.27. The van der Waals surface area contributed by atoms with Gasteiger partial charge in [0.25, 0.3) is 0 Å². The van der Waals surface area contributed by atoms with Gasteiger partial charge in [0.2, 0.25) is 15.3 Å². The SMILES string of the molecule is CS(=O)(=O)N1CCC[C@H]1C(=O)Cl. The molecule has 1 atom stereocenters. The van der Waals surface area contributed by atoms with E-state index in [1.54, 1.807) is 0 Å². The van der Waals surface area contributed by atoms with E-state index in [-0.39, 0.29) is 0 Å². The van der Waals surface area contributed by atoms with Crippen molar-refractivity contribution in [3.63, 3.8) is 0 Å². The molecule has 12 heavy (non-hydrogen) atoms. The van der Waals surface area contributed by atoms with E-state index in [1.165, 1.54) is 0 Å². The van der Waals surface area contributed by atoms with Gasteiger partial charge < -0.3 is 0 Å². The van der Waals surface area contributed by atoms with Crippen LogP contribution in [0.25, 0.3) is 0 Å². The summed E-state index contributed by atoms with van der Waals surface area (Å²) in [5.74, 6) is 0. The van der Waals surface area contributed by atoms with E-state index in [1.807, 2.05) is 0 Å². The van der Waals surface area contributed by atoms with Crippen LogP contribution in [0.3, 0.4) is 0 Å². The van der Waals surface area contributed by atoms with Gasteiger partial charge in [-0.25, -0.2) is 8.42 Å². The highest BCUT2D eigenvalue weighted by Crippen LogP contribution is 2.21. The van der Waals surface area contributed by atoms with Crippen LogP contribution in [0, 0.1) is 0 Å². The Hall–Kier alpha value is -0.130. The van der Waals surface area contributed by atoms with Gasteiger partial charge in [-0.1, -0.05) is 0 Å². The third-order valence-corrected chi connectivity index (χ3v) is 3.43. The molecule has 4 nitrogen and oxygen atoms in total. The second-order valence-corrected chi connectivity index (χ2v) is 5.14. The van der Waals surface area contributed by atoms with Crippen LogP contribution in [0.4, 0.5) is 0 Å². The van der Waals surface area contributed by atoms with Crippen LogP contribution >= 0.6 is 11.6 Å². The Kier molecular flexibility index (Phi) is 2.75. The average Bonchev–Trinajstić information content (AvgIpc) is 2.30. The second kappa shape index (κ2) is 3.32. The van der Waals surface area contributed by atoms with Gasteiger partial charge in [-0.15, -0.1) is 0 Å². The lowest BCUT2D eigenvalue weighted by Crippen LogP contribution is -2.37. The average molecular weight is 212 g/mol. The van der Waals surface area contributed by atoms with Crippen LogP contribution in [0.1, 0.15) is 12.8 Å². The maximum absolute atomic E-state index is 11.1. The normalized spacial score (nSPS) is 26.0. The predicted octanol–water partition coefficient (Wildman–Crippen LogP) is 0.176. The summed E-state index contributed by atoms with van der Waals surface area (Å²) in [6.45, 7) is 0.405. The fourth-order valence-corrected chi connectivity index (χ4v) is 2.77. The summed E-state index contributed by atoms with van der Waals surface area (Å²) in [4.78, 5) is 10.8. The van der Waals surface area contributed by atoms with Crippen molar-refractivity contribution in [1.29, 1.82) is 0 Å². The summed E-state index contributed by atoms with van der Waals surface area (Å²) in [5, 5.41) is -0.585. The first-order chi connectivity index (χ1) is 5.43. The molecule has 1 heterocycles. The van der Waals surface area contributed by atoms with Crippen molar-refractivity contribution >= 4 is 26.9 Å². The Labute approximate surface area is 76.5 Å². The molecule has 0 radical (unpaired) electrons. The van der Waals surface area contributed by atoms with Crippen LogP contribution in [0.5, 0.6) is 0 Å². The zero-order valence-corrected chi connectivity index (χ0v) is 8.23. The highest BCUT2D eigenvalue weighted by Gasteiger charge is 2.35. The Balaban J connectivity index is 2.85. The van der Waals surface area contributed by atoms with Gasteiger partial charge in [0.05, 0.1) is 12.3 Å². The Morgan fingerprint density at radius 3 is 2.50 bits per heavy atom. The van der Waals surface area contributed by atoms with E-state index in [2.05, 4.69) is 0 Å². The fraction of sp³-hybridized carbons (Fsp3) is 0.833. The molecule has 0 bridgehead atoms. The van der Waals surface area contributed by atoms with Gasteiger partial charge in [0, 0.05) is 6.54 Å². The third-order valence-electron chi connectivity index (χ3n) is 1.89. The Bertz CT molecular complexity index is 287. The van der Waals surface area contributed by atoms with Gasteiger partial charge in [0.15, 0.2) is 0 Å². The number of carbonyl (C=O) groups excluding carboxylic acids is 1. The molecule has 0 aromatic heterocycles. The summed E-state index contributed by atoms with van der Waals surface area (Å²) >= 11 is 5.24. The van der Waals surface area contributed by atoms with Gasteiger partial charge in [-0.3, -0.25) is 4.79 Å². The van der Waals surface area contributed by atoms with Crippen LogP contribution in [0.15, 0.2) is 0 Å². The zero-order chi connectivity index (χ0) is 9.35. The summed E-state index contributed by atoms with van der Waals surface area (Å²) < 4.78 is 23.3. The topological polar surface area (TPSA) is 54.5 Å². The van der Waals surface area contributed by atoms with E-state index >= 15 is 0 Å². The molecule has 6 heteroatoms. The summed E-state index contributed by atoms with van der Waals surface area (Å²) in [7, 11) is -3.27. The lowest BCUT2D eigenvalue weighted by molar-refractivity contribution is -0.114. The van der Waals surface area contributed by atoms with Gasteiger partial charge in [0.1, 0.15) is 0 Å². The van der Waals surface area contributed by atoms with Crippen LogP contribution in [-0.2, 0) is 14.8 Å².